The average molecular weight is 346 g/mol. The van der Waals surface area contributed by atoms with Crippen LogP contribution in [0.15, 0.2) is 66.7 Å². The maximum Gasteiger partial charge on any atom is 0.163 e. The Kier molecular flexibility index (Phi) is 5.21. The number of hydrogen-bond donors (Lipinski definition) is 1. The van der Waals surface area contributed by atoms with Crippen molar-refractivity contribution >= 4 is 11.6 Å². The monoisotopic (exact) mass is 346 g/mol. The molecule has 26 heavy (non-hydrogen) atoms. The van der Waals surface area contributed by atoms with E-state index in [-0.39, 0.29) is 5.54 Å². The third-order valence-electron chi connectivity index (χ3n) is 3.90. The zero-order chi connectivity index (χ0) is 18.6. The summed E-state index contributed by atoms with van der Waals surface area (Å²) in [6.07, 6.45) is 0. The number of rotatable bonds is 5. The van der Waals surface area contributed by atoms with Crippen molar-refractivity contribution in [1.82, 2.24) is 9.97 Å². The number of hydrogen-bond acceptors (Lipinski definition) is 4. The molecule has 0 aliphatic heterocycles. The Bertz CT molecular complexity index is 839. The fourth-order valence-electron chi connectivity index (χ4n) is 2.73. The van der Waals surface area contributed by atoms with Crippen molar-refractivity contribution in [2.24, 2.45) is 0 Å². The first-order chi connectivity index (χ1) is 12.4. The maximum atomic E-state index is 4.80. The lowest BCUT2D eigenvalue weighted by molar-refractivity contribution is 0.630. The molecule has 0 atom stereocenters. The Labute approximate surface area is 155 Å². The lowest BCUT2D eigenvalue weighted by Crippen LogP contribution is -2.27. The highest BCUT2D eigenvalue weighted by Crippen LogP contribution is 2.24. The number of anilines is 2. The molecule has 1 N–H and O–H groups in total. The van der Waals surface area contributed by atoms with E-state index in [9.17, 15) is 0 Å². The molecule has 3 rings (SSSR count). The highest BCUT2D eigenvalue weighted by Gasteiger charge is 2.15. The molecule has 2 aromatic carbocycles. The van der Waals surface area contributed by atoms with Crippen molar-refractivity contribution < 1.29 is 0 Å². The lowest BCUT2D eigenvalue weighted by Gasteiger charge is -2.24. The Morgan fingerprint density at radius 3 is 2.12 bits per heavy atom. The summed E-state index contributed by atoms with van der Waals surface area (Å²) in [5.74, 6) is 2.46. The molecule has 134 valence electrons. The second-order valence-corrected chi connectivity index (χ2v) is 7.52. The number of benzene rings is 2. The van der Waals surface area contributed by atoms with Crippen LogP contribution in [0.2, 0.25) is 0 Å². The minimum Gasteiger partial charge on any atom is -0.365 e. The van der Waals surface area contributed by atoms with Crippen LogP contribution in [-0.2, 0) is 6.54 Å². The standard InChI is InChI=1S/C22H26N4/c1-22(2,3)25-19-15-20(26(4)16-17-11-7-5-8-12-17)24-21(23-19)18-13-9-6-10-14-18/h5-15H,16H2,1-4H3,(H,23,24,25). The van der Waals surface area contributed by atoms with Gasteiger partial charge in [0.25, 0.3) is 0 Å². The molecule has 0 aliphatic rings. The Morgan fingerprint density at radius 1 is 0.885 bits per heavy atom. The summed E-state index contributed by atoms with van der Waals surface area (Å²) in [5.41, 5.74) is 2.19. The number of aromatic nitrogens is 2. The maximum absolute atomic E-state index is 4.80. The predicted molar refractivity (Wildman–Crippen MR) is 109 cm³/mol. The minimum absolute atomic E-state index is 0.0718. The largest absolute Gasteiger partial charge is 0.365 e. The molecular formula is C22H26N4. The van der Waals surface area contributed by atoms with Gasteiger partial charge in [0.05, 0.1) is 0 Å². The van der Waals surface area contributed by atoms with E-state index in [2.05, 4.69) is 62.3 Å². The van der Waals surface area contributed by atoms with Gasteiger partial charge in [-0.3, -0.25) is 0 Å². The van der Waals surface area contributed by atoms with Crippen LogP contribution in [0, 0.1) is 0 Å². The molecule has 1 heterocycles. The zero-order valence-corrected chi connectivity index (χ0v) is 15.9. The number of nitrogens with zero attached hydrogens (tertiary/aromatic N) is 3. The van der Waals surface area contributed by atoms with Gasteiger partial charge >= 0.3 is 0 Å². The third-order valence-corrected chi connectivity index (χ3v) is 3.90. The van der Waals surface area contributed by atoms with Crippen LogP contribution in [0.5, 0.6) is 0 Å². The van der Waals surface area contributed by atoms with Crippen LogP contribution < -0.4 is 10.2 Å². The fourth-order valence-corrected chi connectivity index (χ4v) is 2.73. The second kappa shape index (κ2) is 7.56. The first kappa shape index (κ1) is 17.9. The molecule has 0 unspecified atom stereocenters. The van der Waals surface area contributed by atoms with E-state index in [1.807, 2.05) is 42.5 Å². The van der Waals surface area contributed by atoms with Gasteiger partial charge in [0.15, 0.2) is 5.82 Å². The lowest BCUT2D eigenvalue weighted by atomic mass is 10.1. The molecule has 0 fully saturated rings. The molecule has 0 amide bonds. The highest BCUT2D eigenvalue weighted by molar-refractivity contribution is 5.62. The van der Waals surface area contributed by atoms with E-state index in [4.69, 9.17) is 9.97 Å². The molecule has 0 saturated carbocycles. The van der Waals surface area contributed by atoms with Gasteiger partial charge < -0.3 is 10.2 Å². The third kappa shape index (κ3) is 4.82. The molecule has 4 nitrogen and oxygen atoms in total. The van der Waals surface area contributed by atoms with Gasteiger partial charge in [-0.25, -0.2) is 9.97 Å². The Hall–Kier alpha value is -2.88. The summed E-state index contributed by atoms with van der Waals surface area (Å²) in [7, 11) is 2.06. The minimum atomic E-state index is -0.0718. The first-order valence-corrected chi connectivity index (χ1v) is 8.88. The molecule has 0 spiro atoms. The van der Waals surface area contributed by atoms with Crippen molar-refractivity contribution in [3.63, 3.8) is 0 Å². The summed E-state index contributed by atoms with van der Waals surface area (Å²) < 4.78 is 0. The summed E-state index contributed by atoms with van der Waals surface area (Å²) in [6, 6.07) is 22.5. The van der Waals surface area contributed by atoms with E-state index in [0.29, 0.717) is 0 Å². The van der Waals surface area contributed by atoms with Gasteiger partial charge in [-0.05, 0) is 26.3 Å². The van der Waals surface area contributed by atoms with Crippen LogP contribution in [-0.4, -0.2) is 22.6 Å². The van der Waals surface area contributed by atoms with Crippen molar-refractivity contribution in [2.75, 3.05) is 17.3 Å². The molecule has 3 aromatic rings. The summed E-state index contributed by atoms with van der Waals surface area (Å²) in [6.45, 7) is 7.18. The van der Waals surface area contributed by atoms with Crippen molar-refractivity contribution in [3.8, 4) is 11.4 Å². The van der Waals surface area contributed by atoms with Gasteiger partial charge in [-0.1, -0.05) is 60.7 Å². The van der Waals surface area contributed by atoms with Gasteiger partial charge in [-0.2, -0.15) is 0 Å². The van der Waals surface area contributed by atoms with Crippen LogP contribution >= 0.6 is 0 Å². The van der Waals surface area contributed by atoms with Gasteiger partial charge in [0, 0.05) is 30.8 Å². The normalized spacial score (nSPS) is 11.2. The molecule has 4 heteroatoms. The smallest absolute Gasteiger partial charge is 0.163 e. The first-order valence-electron chi connectivity index (χ1n) is 8.88. The quantitative estimate of drug-likeness (QED) is 0.706. The number of nitrogens with one attached hydrogen (secondary N) is 1. The van der Waals surface area contributed by atoms with E-state index in [1.165, 1.54) is 5.56 Å². The van der Waals surface area contributed by atoms with Crippen LogP contribution in [0.25, 0.3) is 11.4 Å². The van der Waals surface area contributed by atoms with Gasteiger partial charge in [0.1, 0.15) is 11.6 Å². The van der Waals surface area contributed by atoms with Crippen molar-refractivity contribution in [3.05, 3.63) is 72.3 Å². The van der Waals surface area contributed by atoms with Crippen LogP contribution in [0.3, 0.4) is 0 Å². The molecule has 0 aliphatic carbocycles. The summed E-state index contributed by atoms with van der Waals surface area (Å²) >= 11 is 0. The van der Waals surface area contributed by atoms with Gasteiger partial charge in [0.2, 0.25) is 0 Å². The Balaban J connectivity index is 1.96. The van der Waals surface area contributed by atoms with Gasteiger partial charge in [-0.15, -0.1) is 0 Å². The highest BCUT2D eigenvalue weighted by atomic mass is 15.2. The van der Waals surface area contributed by atoms with Crippen molar-refractivity contribution in [2.45, 2.75) is 32.9 Å². The van der Waals surface area contributed by atoms with Crippen molar-refractivity contribution in [1.29, 1.82) is 0 Å². The summed E-state index contributed by atoms with van der Waals surface area (Å²) in [4.78, 5) is 11.7. The molecule has 0 bridgehead atoms. The average Bonchev–Trinajstić information content (AvgIpc) is 2.61. The summed E-state index contributed by atoms with van der Waals surface area (Å²) in [5, 5.41) is 3.47. The van der Waals surface area contributed by atoms with E-state index in [0.717, 1.165) is 29.6 Å². The predicted octanol–water partition coefficient (Wildman–Crippen LogP) is 4.99. The molecule has 0 radical (unpaired) electrons. The SMILES string of the molecule is CN(Cc1ccccc1)c1cc(NC(C)(C)C)nc(-c2ccccc2)n1. The fraction of sp³-hybridized carbons (Fsp3) is 0.273. The van der Waals surface area contributed by atoms with E-state index >= 15 is 0 Å². The van der Waals surface area contributed by atoms with E-state index in [1.54, 1.807) is 0 Å². The zero-order valence-electron chi connectivity index (χ0n) is 15.9. The van der Waals surface area contributed by atoms with Crippen LogP contribution in [0.1, 0.15) is 26.3 Å². The molecule has 0 saturated heterocycles. The molecule has 1 aromatic heterocycles. The second-order valence-electron chi connectivity index (χ2n) is 7.52. The van der Waals surface area contributed by atoms with Crippen LogP contribution in [0.4, 0.5) is 11.6 Å². The molecular weight excluding hydrogens is 320 g/mol. The Morgan fingerprint density at radius 2 is 1.50 bits per heavy atom. The van der Waals surface area contributed by atoms with E-state index < -0.39 is 0 Å². The topological polar surface area (TPSA) is 41.0 Å².